The molecule has 144 valence electrons. The van der Waals surface area contributed by atoms with Crippen molar-refractivity contribution in [3.63, 3.8) is 0 Å². The second-order valence-electron chi connectivity index (χ2n) is 7.06. The van der Waals surface area contributed by atoms with Crippen LogP contribution in [0.25, 0.3) is 10.8 Å². The van der Waals surface area contributed by atoms with Crippen molar-refractivity contribution in [1.82, 2.24) is 14.7 Å². The molecule has 5 nitrogen and oxygen atoms in total. The molecule has 0 aliphatic carbocycles. The lowest BCUT2D eigenvalue weighted by Gasteiger charge is -2.31. The van der Waals surface area contributed by atoms with Crippen LogP contribution in [0.15, 0.2) is 53.5 Å². The molecule has 1 fully saturated rings. The molecule has 0 bridgehead atoms. The predicted molar refractivity (Wildman–Crippen MR) is 101 cm³/mol. The van der Waals surface area contributed by atoms with E-state index in [0.717, 1.165) is 23.6 Å². The number of likely N-dealkylation sites (tertiary alicyclic amines) is 1. The molecule has 1 saturated heterocycles. The van der Waals surface area contributed by atoms with Crippen molar-refractivity contribution >= 4 is 16.6 Å². The van der Waals surface area contributed by atoms with Crippen molar-refractivity contribution in [2.75, 3.05) is 13.1 Å². The zero-order chi connectivity index (χ0) is 19.7. The van der Waals surface area contributed by atoms with Crippen molar-refractivity contribution in [1.29, 1.82) is 0 Å². The van der Waals surface area contributed by atoms with E-state index in [2.05, 4.69) is 5.10 Å². The number of piperidine rings is 1. The SMILES string of the molecule is O=C(c1cc(F)ccc1F)C1CCN(Cn2ncc3ccccc3c2=O)CC1. The highest BCUT2D eigenvalue weighted by atomic mass is 19.1. The third-order valence-corrected chi connectivity index (χ3v) is 5.25. The minimum atomic E-state index is -0.694. The van der Waals surface area contributed by atoms with Gasteiger partial charge in [-0.3, -0.25) is 14.5 Å². The molecule has 0 spiro atoms. The Balaban J connectivity index is 1.43. The van der Waals surface area contributed by atoms with Crippen molar-refractivity contribution in [3.8, 4) is 0 Å². The Bertz CT molecular complexity index is 1090. The lowest BCUT2D eigenvalue weighted by molar-refractivity contribution is 0.0797. The van der Waals surface area contributed by atoms with Gasteiger partial charge in [0, 0.05) is 24.4 Å². The first-order valence-electron chi connectivity index (χ1n) is 9.19. The van der Waals surface area contributed by atoms with E-state index in [1.54, 1.807) is 12.3 Å². The quantitative estimate of drug-likeness (QED) is 0.649. The fourth-order valence-electron chi connectivity index (χ4n) is 3.66. The molecule has 0 atom stereocenters. The van der Waals surface area contributed by atoms with Crippen LogP contribution in [-0.2, 0) is 6.67 Å². The predicted octanol–water partition coefficient (Wildman–Crippen LogP) is 3.23. The summed E-state index contributed by atoms with van der Waals surface area (Å²) >= 11 is 0. The summed E-state index contributed by atoms with van der Waals surface area (Å²) in [4.78, 5) is 27.2. The average Bonchev–Trinajstić information content (AvgIpc) is 2.72. The summed E-state index contributed by atoms with van der Waals surface area (Å²) in [5, 5.41) is 5.64. The highest BCUT2D eigenvalue weighted by Gasteiger charge is 2.28. The van der Waals surface area contributed by atoms with E-state index < -0.39 is 11.6 Å². The number of nitrogens with zero attached hydrogens (tertiary/aromatic N) is 3. The first-order valence-corrected chi connectivity index (χ1v) is 9.19. The Labute approximate surface area is 160 Å². The van der Waals surface area contributed by atoms with Crippen LogP contribution >= 0.6 is 0 Å². The van der Waals surface area contributed by atoms with Crippen LogP contribution in [0.2, 0.25) is 0 Å². The summed E-state index contributed by atoms with van der Waals surface area (Å²) in [6, 6.07) is 10.2. The van der Waals surface area contributed by atoms with E-state index in [1.165, 1.54) is 4.68 Å². The summed E-state index contributed by atoms with van der Waals surface area (Å²) < 4.78 is 28.6. The second kappa shape index (κ2) is 7.59. The van der Waals surface area contributed by atoms with Crippen molar-refractivity contribution < 1.29 is 13.6 Å². The Morgan fingerprint density at radius 2 is 1.86 bits per heavy atom. The molecule has 0 radical (unpaired) electrons. The van der Waals surface area contributed by atoms with Crippen molar-refractivity contribution in [2.24, 2.45) is 5.92 Å². The third kappa shape index (κ3) is 3.57. The van der Waals surface area contributed by atoms with Crippen LogP contribution in [0.5, 0.6) is 0 Å². The number of rotatable bonds is 4. The Hall–Kier alpha value is -2.93. The van der Waals surface area contributed by atoms with Crippen LogP contribution in [-0.4, -0.2) is 33.6 Å². The van der Waals surface area contributed by atoms with Crippen LogP contribution < -0.4 is 5.56 Å². The summed E-state index contributed by atoms with van der Waals surface area (Å²) in [7, 11) is 0. The molecule has 1 aliphatic rings. The van der Waals surface area contributed by atoms with Gasteiger partial charge >= 0.3 is 0 Å². The van der Waals surface area contributed by atoms with E-state index >= 15 is 0 Å². The van der Waals surface area contributed by atoms with Gasteiger partial charge < -0.3 is 0 Å². The monoisotopic (exact) mass is 383 g/mol. The van der Waals surface area contributed by atoms with Gasteiger partial charge in [0.2, 0.25) is 0 Å². The zero-order valence-electron chi connectivity index (χ0n) is 15.1. The second-order valence-corrected chi connectivity index (χ2v) is 7.06. The topological polar surface area (TPSA) is 55.2 Å². The van der Waals surface area contributed by atoms with Gasteiger partial charge in [0.15, 0.2) is 5.78 Å². The van der Waals surface area contributed by atoms with Gasteiger partial charge in [-0.25, -0.2) is 13.5 Å². The normalized spacial score (nSPS) is 15.8. The number of fused-ring (bicyclic) bond motifs is 1. The fourth-order valence-corrected chi connectivity index (χ4v) is 3.66. The van der Waals surface area contributed by atoms with Crippen LogP contribution in [0, 0.1) is 17.6 Å². The number of hydrogen-bond acceptors (Lipinski definition) is 4. The number of ketones is 1. The average molecular weight is 383 g/mol. The molecule has 3 aromatic rings. The number of carbonyl (C=O) groups is 1. The minimum Gasteiger partial charge on any atom is -0.294 e. The molecule has 0 amide bonds. The molecular formula is C21H19F2N3O2. The number of benzene rings is 2. The van der Waals surface area contributed by atoms with Gasteiger partial charge in [0.25, 0.3) is 5.56 Å². The smallest absolute Gasteiger partial charge is 0.275 e. The molecule has 4 rings (SSSR count). The molecule has 0 unspecified atom stereocenters. The zero-order valence-corrected chi connectivity index (χ0v) is 15.1. The van der Waals surface area contributed by atoms with Crippen LogP contribution in [0.4, 0.5) is 8.78 Å². The summed E-state index contributed by atoms with van der Waals surface area (Å²) in [6.45, 7) is 1.49. The molecule has 1 aromatic heterocycles. The van der Waals surface area contributed by atoms with Crippen molar-refractivity contribution in [3.05, 3.63) is 76.2 Å². The standard InChI is InChI=1S/C21H19F2N3O2/c22-16-5-6-19(23)18(11-16)20(27)14-7-9-25(10-8-14)13-26-21(28)17-4-2-1-3-15(17)12-24-26/h1-6,11-12,14H,7-10,13H2. The lowest BCUT2D eigenvalue weighted by atomic mass is 9.89. The summed E-state index contributed by atoms with van der Waals surface area (Å²) in [6.07, 6.45) is 2.72. The largest absolute Gasteiger partial charge is 0.294 e. The van der Waals surface area contributed by atoms with E-state index in [1.807, 2.05) is 23.1 Å². The van der Waals surface area contributed by atoms with Gasteiger partial charge in [-0.1, -0.05) is 18.2 Å². The molecule has 2 heterocycles. The summed E-state index contributed by atoms with van der Waals surface area (Å²) in [5.41, 5.74) is -0.344. The Kier molecular flexibility index (Phi) is 5.00. The highest BCUT2D eigenvalue weighted by Crippen LogP contribution is 2.24. The number of aromatic nitrogens is 2. The van der Waals surface area contributed by atoms with E-state index in [4.69, 9.17) is 0 Å². The van der Waals surface area contributed by atoms with Gasteiger partial charge in [0.1, 0.15) is 11.6 Å². The van der Waals surface area contributed by atoms with Crippen LogP contribution in [0.1, 0.15) is 23.2 Å². The van der Waals surface area contributed by atoms with E-state index in [9.17, 15) is 18.4 Å². The van der Waals surface area contributed by atoms with E-state index in [0.29, 0.717) is 38.0 Å². The van der Waals surface area contributed by atoms with Gasteiger partial charge in [-0.05, 0) is 37.1 Å². The first-order chi connectivity index (χ1) is 13.5. The van der Waals surface area contributed by atoms with Gasteiger partial charge in [-0.2, -0.15) is 5.10 Å². The molecule has 7 heteroatoms. The summed E-state index contributed by atoms with van der Waals surface area (Å²) in [5.74, 6) is -2.03. The van der Waals surface area contributed by atoms with E-state index in [-0.39, 0.29) is 22.8 Å². The molecule has 0 N–H and O–H groups in total. The number of hydrogen-bond donors (Lipinski definition) is 0. The molecule has 2 aromatic carbocycles. The van der Waals surface area contributed by atoms with Gasteiger partial charge in [-0.15, -0.1) is 0 Å². The maximum atomic E-state index is 13.9. The van der Waals surface area contributed by atoms with Crippen LogP contribution in [0.3, 0.4) is 0 Å². The lowest BCUT2D eigenvalue weighted by Crippen LogP contribution is -2.40. The minimum absolute atomic E-state index is 0.155. The van der Waals surface area contributed by atoms with Gasteiger partial charge in [0.05, 0.1) is 23.8 Å². The molecule has 0 saturated carbocycles. The fraction of sp³-hybridized carbons (Fsp3) is 0.286. The molecule has 1 aliphatic heterocycles. The number of halogens is 2. The maximum Gasteiger partial charge on any atom is 0.275 e. The molecular weight excluding hydrogens is 364 g/mol. The molecule has 28 heavy (non-hydrogen) atoms. The van der Waals surface area contributed by atoms with Crippen molar-refractivity contribution in [2.45, 2.75) is 19.5 Å². The highest BCUT2D eigenvalue weighted by molar-refractivity contribution is 5.98. The first kappa shape index (κ1) is 18.4. The Morgan fingerprint density at radius 1 is 1.11 bits per heavy atom. The number of carbonyl (C=O) groups excluding carboxylic acids is 1. The third-order valence-electron chi connectivity index (χ3n) is 5.25. The number of Topliss-reactive ketones (excluding diaryl/α,β-unsaturated/α-hetero) is 1. The maximum absolute atomic E-state index is 13.9. The Morgan fingerprint density at radius 3 is 2.64 bits per heavy atom.